The van der Waals surface area contributed by atoms with E-state index < -0.39 is 96.2 Å². The predicted octanol–water partition coefficient (Wildman–Crippen LogP) is 4.26. The Balaban J connectivity index is 2.24. The van der Waals surface area contributed by atoms with Gasteiger partial charge in [-0.15, -0.1) is 10.2 Å². The third-order valence-corrected chi connectivity index (χ3v) is 4.87. The van der Waals surface area contributed by atoms with Crippen LogP contribution in [0.2, 0.25) is 0 Å². The van der Waals surface area contributed by atoms with Gasteiger partial charge in [-0.1, -0.05) is 0 Å². The normalized spacial score (nSPS) is 22.5. The van der Waals surface area contributed by atoms with Crippen molar-refractivity contribution in [1.82, 2.24) is 15.2 Å². The minimum Gasteiger partial charge on any atom is -0.416 e. The molecule has 0 saturated carbocycles. The van der Waals surface area contributed by atoms with Gasteiger partial charge in [0, 0.05) is 19.3 Å². The smallest absolute Gasteiger partial charge is 0.416 e. The Kier molecular flexibility index (Phi) is 5.68. The number of nitrogens with zero attached hydrogens (tertiary/aromatic N) is 3. The zero-order valence-electron chi connectivity index (χ0n) is 15.8. The van der Waals surface area contributed by atoms with Crippen LogP contribution < -0.4 is 5.73 Å². The number of hydrogen-bond acceptors (Lipinski definition) is 7. The van der Waals surface area contributed by atoms with Gasteiger partial charge in [0.2, 0.25) is 11.5 Å². The fourth-order valence-electron chi connectivity index (χ4n) is 3.13. The van der Waals surface area contributed by atoms with Gasteiger partial charge >= 0.3 is 12.4 Å². The molecule has 2 aromatic rings. The quantitative estimate of drug-likeness (QED) is 0.548. The minimum absolute atomic E-state index is 0.263. The molecule has 0 aliphatic carbocycles. The second-order valence-corrected chi connectivity index (χ2v) is 7.22. The molecule has 3 N–H and O–H groups in total. The number of carbonyl (C=O) groups is 1. The summed E-state index contributed by atoms with van der Waals surface area (Å²) in [6, 6.07) is 0.263. The molecule has 3 heterocycles. The van der Waals surface area contributed by atoms with Crippen LogP contribution in [0.25, 0.3) is 11.6 Å². The SMILES string of the molecule is Nc1cc(C(F)(F)F)c2nc1-c1nnc(o1)C(O)(C(F)(F)F)CCCC(F)(F)CCC2=O. The molecule has 176 valence electrons. The molecule has 7 nitrogen and oxygen atoms in total. The third-order valence-electron chi connectivity index (χ3n) is 4.87. The van der Waals surface area contributed by atoms with Crippen molar-refractivity contribution in [2.45, 2.75) is 56.0 Å². The molecule has 32 heavy (non-hydrogen) atoms. The number of Topliss-reactive ketones (excluding diaryl/α,β-unsaturated/α-hetero) is 1. The summed E-state index contributed by atoms with van der Waals surface area (Å²) in [5, 5.41) is 16.5. The number of anilines is 1. The van der Waals surface area contributed by atoms with Gasteiger partial charge in [-0.05, 0) is 18.9 Å². The van der Waals surface area contributed by atoms with Crippen molar-refractivity contribution in [3.63, 3.8) is 0 Å². The molecule has 0 fully saturated rings. The van der Waals surface area contributed by atoms with E-state index in [0.717, 1.165) is 0 Å². The fraction of sp³-hybridized carbons (Fsp3) is 0.529. The molecular weight excluding hydrogens is 460 g/mol. The van der Waals surface area contributed by atoms with E-state index in [2.05, 4.69) is 15.2 Å². The Morgan fingerprint density at radius 3 is 2.28 bits per heavy atom. The van der Waals surface area contributed by atoms with E-state index in [1.165, 1.54) is 0 Å². The lowest BCUT2D eigenvalue weighted by Gasteiger charge is -2.27. The van der Waals surface area contributed by atoms with E-state index >= 15 is 0 Å². The number of aliphatic hydroxyl groups is 1. The molecule has 3 rings (SSSR count). The van der Waals surface area contributed by atoms with E-state index in [1.807, 2.05) is 0 Å². The van der Waals surface area contributed by atoms with Crippen molar-refractivity contribution >= 4 is 11.5 Å². The lowest BCUT2D eigenvalue weighted by molar-refractivity contribution is -0.278. The first-order chi connectivity index (χ1) is 14.6. The minimum atomic E-state index is -5.41. The predicted molar refractivity (Wildman–Crippen MR) is 89.3 cm³/mol. The van der Waals surface area contributed by atoms with Crippen LogP contribution in [-0.4, -0.2) is 38.2 Å². The first-order valence-corrected chi connectivity index (χ1v) is 8.97. The van der Waals surface area contributed by atoms with Crippen molar-refractivity contribution in [2.75, 3.05) is 5.73 Å². The van der Waals surface area contributed by atoms with Crippen molar-refractivity contribution < 1.29 is 49.4 Å². The Morgan fingerprint density at radius 1 is 1.03 bits per heavy atom. The average Bonchev–Trinajstić information content (AvgIpc) is 3.13. The zero-order valence-corrected chi connectivity index (χ0v) is 15.8. The Labute approximate surface area is 173 Å². The van der Waals surface area contributed by atoms with Crippen LogP contribution in [0.15, 0.2) is 10.5 Å². The number of alkyl halides is 8. The van der Waals surface area contributed by atoms with Crippen molar-refractivity contribution in [1.29, 1.82) is 0 Å². The lowest BCUT2D eigenvalue weighted by atomic mass is 9.93. The van der Waals surface area contributed by atoms with Crippen molar-refractivity contribution in [2.24, 2.45) is 0 Å². The standard InChI is InChI=1S/C17H14F8N4O3/c18-14(19)3-1-4-15(31,17(23,24)25)13-29-28-12(32-13)11-8(26)6-7(16(20,21)22)10(27-11)9(30)2-5-14/h6,31H,1-5,26H2. The van der Waals surface area contributed by atoms with Gasteiger partial charge in [-0.25, -0.2) is 13.8 Å². The summed E-state index contributed by atoms with van der Waals surface area (Å²) in [7, 11) is 0. The molecule has 0 radical (unpaired) electrons. The van der Waals surface area contributed by atoms with Crippen LogP contribution in [0, 0.1) is 0 Å². The van der Waals surface area contributed by atoms with Gasteiger partial charge in [0.1, 0.15) is 5.69 Å². The average molecular weight is 474 g/mol. The zero-order chi connectivity index (χ0) is 24.1. The molecule has 0 aromatic carbocycles. The molecule has 1 atom stereocenters. The topological polar surface area (TPSA) is 115 Å². The van der Waals surface area contributed by atoms with Gasteiger partial charge in [-0.3, -0.25) is 4.79 Å². The molecule has 15 heteroatoms. The Hall–Kier alpha value is -2.84. The highest BCUT2D eigenvalue weighted by Crippen LogP contribution is 2.44. The molecule has 0 saturated heterocycles. The second kappa shape index (κ2) is 7.64. The maximum atomic E-state index is 14.1. The van der Waals surface area contributed by atoms with Crippen LogP contribution in [0.3, 0.4) is 0 Å². The molecular formula is C17H14F8N4O3. The fourth-order valence-corrected chi connectivity index (χ4v) is 3.13. The first kappa shape index (κ1) is 23.8. The summed E-state index contributed by atoms with van der Waals surface area (Å²) in [4.78, 5) is 15.7. The number of pyridine rings is 1. The largest absolute Gasteiger partial charge is 0.426 e. The van der Waals surface area contributed by atoms with Crippen LogP contribution >= 0.6 is 0 Å². The number of ketones is 1. The highest BCUT2D eigenvalue weighted by molar-refractivity contribution is 5.97. The highest BCUT2D eigenvalue weighted by atomic mass is 19.4. The maximum Gasteiger partial charge on any atom is 0.426 e. The van der Waals surface area contributed by atoms with Crippen LogP contribution in [0.4, 0.5) is 40.8 Å². The molecule has 0 amide bonds. The van der Waals surface area contributed by atoms with E-state index in [9.17, 15) is 45.0 Å². The summed E-state index contributed by atoms with van der Waals surface area (Å²) in [5.41, 5.74) is -2.75. The number of rotatable bonds is 0. The van der Waals surface area contributed by atoms with Gasteiger partial charge in [0.05, 0.1) is 11.3 Å². The summed E-state index contributed by atoms with van der Waals surface area (Å²) in [5.74, 6) is -7.43. The second-order valence-electron chi connectivity index (χ2n) is 7.22. The monoisotopic (exact) mass is 474 g/mol. The number of hydrogen-bond donors (Lipinski definition) is 2. The van der Waals surface area contributed by atoms with Gasteiger partial charge in [-0.2, -0.15) is 26.3 Å². The van der Waals surface area contributed by atoms with Crippen molar-refractivity contribution in [3.05, 3.63) is 23.2 Å². The van der Waals surface area contributed by atoms with Gasteiger partial charge < -0.3 is 15.3 Å². The number of aromatic nitrogens is 3. The van der Waals surface area contributed by atoms with Crippen LogP contribution in [-0.2, 0) is 11.8 Å². The number of nitrogen functional groups attached to an aromatic ring is 1. The number of halogens is 8. The summed E-state index contributed by atoms with van der Waals surface area (Å²) >= 11 is 0. The lowest BCUT2D eigenvalue weighted by Crippen LogP contribution is -2.43. The molecule has 1 unspecified atom stereocenters. The van der Waals surface area contributed by atoms with Crippen LogP contribution in [0.5, 0.6) is 0 Å². The van der Waals surface area contributed by atoms with Gasteiger partial charge in [0.15, 0.2) is 11.5 Å². The van der Waals surface area contributed by atoms with E-state index in [0.29, 0.717) is 0 Å². The van der Waals surface area contributed by atoms with Crippen molar-refractivity contribution in [3.8, 4) is 11.6 Å². The van der Waals surface area contributed by atoms with Crippen LogP contribution in [0.1, 0.15) is 54.0 Å². The number of fused-ring (bicyclic) bond motifs is 5. The Bertz CT molecular complexity index is 1030. The van der Waals surface area contributed by atoms with E-state index in [4.69, 9.17) is 10.2 Å². The maximum absolute atomic E-state index is 14.1. The molecule has 2 aromatic heterocycles. The third kappa shape index (κ3) is 4.38. The number of carbonyl (C=O) groups excluding carboxylic acids is 1. The molecule has 1 aliphatic rings. The van der Waals surface area contributed by atoms with E-state index in [1.54, 1.807) is 0 Å². The first-order valence-electron chi connectivity index (χ1n) is 8.97. The van der Waals surface area contributed by atoms with E-state index in [-0.39, 0.29) is 6.07 Å². The Morgan fingerprint density at radius 2 is 1.69 bits per heavy atom. The molecule has 4 bridgehead atoms. The summed E-state index contributed by atoms with van der Waals surface area (Å²) < 4.78 is 114. The van der Waals surface area contributed by atoms with Gasteiger partial charge in [0.25, 0.3) is 11.8 Å². The summed E-state index contributed by atoms with van der Waals surface area (Å²) in [6.45, 7) is 0. The highest BCUT2D eigenvalue weighted by Gasteiger charge is 2.59. The number of nitrogens with two attached hydrogens (primary N) is 1. The summed E-state index contributed by atoms with van der Waals surface area (Å²) in [6.07, 6.45) is -16.2. The molecule has 1 aliphatic heterocycles. The molecule has 0 spiro atoms.